The number of hydrogen-bond donors (Lipinski definition) is 3. The molecule has 0 radical (unpaired) electrons. The molecule has 2 aromatic carbocycles. The Balaban J connectivity index is 1.19. The number of nitrogens with zero attached hydrogens (tertiary/aromatic N) is 1. The second kappa shape index (κ2) is 9.22. The van der Waals surface area contributed by atoms with Crippen molar-refractivity contribution in [3.8, 4) is 5.75 Å². The highest BCUT2D eigenvalue weighted by molar-refractivity contribution is 5.78. The van der Waals surface area contributed by atoms with Gasteiger partial charge in [-0.1, -0.05) is 36.4 Å². The molecule has 0 aliphatic carbocycles. The average molecular weight is 436 g/mol. The van der Waals surface area contributed by atoms with Crippen LogP contribution in [0.4, 0.5) is 0 Å². The number of likely N-dealkylation sites (tertiary alicyclic amines) is 1. The van der Waals surface area contributed by atoms with Gasteiger partial charge in [0.15, 0.2) is 0 Å². The lowest BCUT2D eigenvalue weighted by Crippen LogP contribution is -2.48. The van der Waals surface area contributed by atoms with Gasteiger partial charge in [-0.2, -0.15) is 0 Å². The molecule has 170 valence electrons. The predicted molar refractivity (Wildman–Crippen MR) is 123 cm³/mol. The van der Waals surface area contributed by atoms with E-state index in [0.29, 0.717) is 19.2 Å². The van der Waals surface area contributed by atoms with E-state index in [-0.39, 0.29) is 23.3 Å². The molecule has 2 fully saturated rings. The summed E-state index contributed by atoms with van der Waals surface area (Å²) in [6, 6.07) is 16.3. The van der Waals surface area contributed by atoms with Crippen LogP contribution in [0.2, 0.25) is 0 Å². The molecule has 3 N–H and O–H groups in total. The van der Waals surface area contributed by atoms with Gasteiger partial charge in [-0.15, -0.1) is 0 Å². The van der Waals surface area contributed by atoms with Gasteiger partial charge >= 0.3 is 0 Å². The second-order valence-electron chi connectivity index (χ2n) is 9.38. The molecule has 0 unspecified atom stereocenters. The lowest BCUT2D eigenvalue weighted by atomic mass is 9.84. The molecule has 0 bridgehead atoms. The highest BCUT2D eigenvalue weighted by Gasteiger charge is 2.43. The number of phenolic OH excluding ortho intramolecular Hbond substituents is 1. The third-order valence-corrected chi connectivity index (χ3v) is 7.39. The lowest BCUT2D eigenvalue weighted by molar-refractivity contribution is -0.137. The molecule has 6 heteroatoms. The molecule has 32 heavy (non-hydrogen) atoms. The van der Waals surface area contributed by atoms with Crippen molar-refractivity contribution in [1.29, 1.82) is 0 Å². The summed E-state index contributed by atoms with van der Waals surface area (Å²) in [6.07, 6.45) is 4.94. The quantitative estimate of drug-likeness (QED) is 0.650. The van der Waals surface area contributed by atoms with Crippen LogP contribution in [0.3, 0.4) is 0 Å². The zero-order valence-corrected chi connectivity index (χ0v) is 18.6. The Morgan fingerprint density at radius 3 is 2.84 bits per heavy atom. The molecule has 0 aromatic heterocycles. The van der Waals surface area contributed by atoms with Crippen molar-refractivity contribution in [2.24, 2.45) is 0 Å². The Bertz CT molecular complexity index is 949. The van der Waals surface area contributed by atoms with Crippen LogP contribution in [0.5, 0.6) is 5.75 Å². The van der Waals surface area contributed by atoms with Crippen LogP contribution in [-0.4, -0.2) is 48.1 Å². The Morgan fingerprint density at radius 2 is 2.06 bits per heavy atom. The Hall–Kier alpha value is -2.41. The highest BCUT2D eigenvalue weighted by Crippen LogP contribution is 2.43. The Labute approximate surface area is 190 Å². The Morgan fingerprint density at radius 1 is 1.22 bits per heavy atom. The monoisotopic (exact) mass is 435 g/mol. The fraction of sp³-hybridized carbons (Fsp3) is 0.500. The van der Waals surface area contributed by atoms with Gasteiger partial charge in [-0.25, -0.2) is 0 Å². The van der Waals surface area contributed by atoms with Crippen molar-refractivity contribution in [2.45, 2.75) is 56.4 Å². The van der Waals surface area contributed by atoms with E-state index < -0.39 is 0 Å². The first-order chi connectivity index (χ1) is 15.6. The van der Waals surface area contributed by atoms with Gasteiger partial charge in [0, 0.05) is 25.2 Å². The van der Waals surface area contributed by atoms with E-state index in [2.05, 4.69) is 34.9 Å². The van der Waals surface area contributed by atoms with Crippen LogP contribution >= 0.6 is 0 Å². The number of piperidine rings is 1. The van der Waals surface area contributed by atoms with Crippen LogP contribution < -0.4 is 10.6 Å². The zero-order valence-electron chi connectivity index (χ0n) is 18.6. The van der Waals surface area contributed by atoms with Crippen molar-refractivity contribution in [3.63, 3.8) is 0 Å². The van der Waals surface area contributed by atoms with Gasteiger partial charge in [0.05, 0.1) is 18.8 Å². The molecular formula is C26H33N3O3. The first kappa shape index (κ1) is 21.4. The van der Waals surface area contributed by atoms with Gasteiger partial charge in [0.2, 0.25) is 5.91 Å². The Kier molecular flexibility index (Phi) is 6.17. The minimum Gasteiger partial charge on any atom is -0.508 e. The highest BCUT2D eigenvalue weighted by atomic mass is 16.5. The number of phenols is 1. The van der Waals surface area contributed by atoms with Crippen LogP contribution in [0.25, 0.3) is 0 Å². The molecule has 2 atom stereocenters. The van der Waals surface area contributed by atoms with Gasteiger partial charge < -0.3 is 25.4 Å². The molecule has 6 nitrogen and oxygen atoms in total. The summed E-state index contributed by atoms with van der Waals surface area (Å²) >= 11 is 0. The summed E-state index contributed by atoms with van der Waals surface area (Å²) < 4.78 is 6.24. The van der Waals surface area contributed by atoms with Crippen LogP contribution in [-0.2, 0) is 21.7 Å². The summed E-state index contributed by atoms with van der Waals surface area (Å²) in [7, 11) is 0. The van der Waals surface area contributed by atoms with Gasteiger partial charge in [0.1, 0.15) is 5.75 Å². The molecule has 5 rings (SSSR count). The van der Waals surface area contributed by atoms with E-state index in [0.717, 1.165) is 50.9 Å². The summed E-state index contributed by atoms with van der Waals surface area (Å²) in [5.74, 6) is 0.397. The van der Waals surface area contributed by atoms with Crippen molar-refractivity contribution in [1.82, 2.24) is 15.5 Å². The van der Waals surface area contributed by atoms with E-state index in [9.17, 15) is 9.90 Å². The molecular weight excluding hydrogens is 402 g/mol. The topological polar surface area (TPSA) is 73.8 Å². The normalized spacial score (nSPS) is 22.8. The van der Waals surface area contributed by atoms with E-state index in [4.69, 9.17) is 4.74 Å². The fourth-order valence-corrected chi connectivity index (χ4v) is 5.56. The first-order valence-corrected chi connectivity index (χ1v) is 11.9. The molecule has 3 aliphatic heterocycles. The van der Waals surface area contributed by atoms with E-state index in [1.165, 1.54) is 17.5 Å². The van der Waals surface area contributed by atoms with Crippen molar-refractivity contribution < 1.29 is 14.6 Å². The van der Waals surface area contributed by atoms with Gasteiger partial charge in [0.25, 0.3) is 0 Å². The number of hydrogen-bond acceptors (Lipinski definition) is 5. The minimum atomic E-state index is -0.223. The third-order valence-electron chi connectivity index (χ3n) is 7.39. The second-order valence-corrected chi connectivity index (χ2v) is 9.38. The smallest absolute Gasteiger partial charge is 0.236 e. The zero-order chi connectivity index (χ0) is 22.0. The molecule has 2 saturated heterocycles. The molecule has 2 aromatic rings. The van der Waals surface area contributed by atoms with Crippen molar-refractivity contribution >= 4 is 5.91 Å². The van der Waals surface area contributed by atoms with E-state index in [1.54, 1.807) is 12.1 Å². The fourth-order valence-electron chi connectivity index (χ4n) is 5.56. The summed E-state index contributed by atoms with van der Waals surface area (Å²) in [4.78, 5) is 15.0. The number of carbonyl (C=O) groups excluding carboxylic acids is 1. The molecule has 3 heterocycles. The molecule has 0 saturated carbocycles. The largest absolute Gasteiger partial charge is 0.508 e. The van der Waals surface area contributed by atoms with Crippen molar-refractivity contribution in [2.75, 3.05) is 26.2 Å². The van der Waals surface area contributed by atoms with Gasteiger partial charge in [-0.3, -0.25) is 4.79 Å². The van der Waals surface area contributed by atoms with Crippen LogP contribution in [0, 0.1) is 0 Å². The predicted octanol–water partition coefficient (Wildman–Crippen LogP) is 3.21. The molecule has 1 spiro atoms. The minimum absolute atomic E-state index is 0.0304. The maximum absolute atomic E-state index is 13.0. The number of nitrogens with one attached hydrogen (secondary N) is 2. The SMILES string of the molecule is O=C(CN[C@@H](C[C@@H]1CCCN1)c1cccc(O)c1)N1CCC2(CC1)OCc1ccccc12. The number of benzene rings is 2. The number of amides is 1. The first-order valence-electron chi connectivity index (χ1n) is 11.9. The standard InChI is InChI=1S/C26H33N3O3/c30-22-8-3-6-19(15-22)24(16-21-7-4-12-27-21)28-17-25(31)29-13-10-26(11-14-29)23-9-2-1-5-20(23)18-32-26/h1-3,5-6,8-9,15,21,24,27-28,30H,4,7,10-14,16-18H2/t21-,24-/m0/s1. The van der Waals surface area contributed by atoms with Crippen molar-refractivity contribution in [3.05, 3.63) is 65.2 Å². The third kappa shape index (κ3) is 4.40. The summed E-state index contributed by atoms with van der Waals surface area (Å²) in [5.41, 5.74) is 3.39. The van der Waals surface area contributed by atoms with E-state index in [1.807, 2.05) is 17.0 Å². The maximum Gasteiger partial charge on any atom is 0.236 e. The average Bonchev–Trinajstić information content (AvgIpc) is 3.46. The summed E-state index contributed by atoms with van der Waals surface area (Å²) in [5, 5.41) is 17.0. The lowest BCUT2D eigenvalue weighted by Gasteiger charge is -2.39. The number of ether oxygens (including phenoxy) is 1. The number of rotatable bonds is 6. The van der Waals surface area contributed by atoms with E-state index >= 15 is 0 Å². The molecule has 3 aliphatic rings. The maximum atomic E-state index is 13.0. The van der Waals surface area contributed by atoms with Crippen LogP contribution in [0.1, 0.15) is 54.8 Å². The molecule has 1 amide bonds. The van der Waals surface area contributed by atoms with Gasteiger partial charge in [-0.05, 0) is 67.5 Å². The number of aromatic hydroxyl groups is 1. The number of carbonyl (C=O) groups is 1. The number of fused-ring (bicyclic) bond motifs is 2. The summed E-state index contributed by atoms with van der Waals surface area (Å²) in [6.45, 7) is 3.46. The van der Waals surface area contributed by atoms with Crippen LogP contribution in [0.15, 0.2) is 48.5 Å².